The van der Waals surface area contributed by atoms with Crippen LogP contribution in [0.25, 0.3) is 0 Å². The molecule has 0 aromatic carbocycles. The van der Waals surface area contributed by atoms with Crippen molar-refractivity contribution in [3.8, 4) is 0 Å². The van der Waals surface area contributed by atoms with Crippen LogP contribution < -0.4 is 0 Å². The minimum absolute atomic E-state index is 0.119. The van der Waals surface area contributed by atoms with Crippen molar-refractivity contribution < 1.29 is 27.4 Å². The fourth-order valence-electron chi connectivity index (χ4n) is 2.35. The molecule has 0 radical (unpaired) electrons. The van der Waals surface area contributed by atoms with Crippen LogP contribution in [0, 0.1) is 0 Å². The van der Waals surface area contributed by atoms with E-state index in [9.17, 15) is 13.2 Å². The van der Waals surface area contributed by atoms with E-state index in [1.54, 1.807) is 6.92 Å². The van der Waals surface area contributed by atoms with Crippen LogP contribution in [0.4, 0.5) is 8.39 Å². The molecule has 2 aliphatic heterocycles. The molecule has 0 saturated carbocycles. The van der Waals surface area contributed by atoms with Gasteiger partial charge in [0, 0.05) is 13.5 Å². The van der Waals surface area contributed by atoms with Crippen LogP contribution in [0.1, 0.15) is 20.3 Å². The fourth-order valence-corrected chi connectivity index (χ4v) is 5.10. The summed E-state index contributed by atoms with van der Waals surface area (Å²) in [5.74, 6) is -0.851. The van der Waals surface area contributed by atoms with Gasteiger partial charge in [-0.1, -0.05) is 6.92 Å². The Hall–Kier alpha value is -0.320. The van der Waals surface area contributed by atoms with Crippen molar-refractivity contribution in [3.63, 3.8) is 0 Å². The Morgan fingerprint density at radius 3 is 2.69 bits per heavy atom. The third-order valence-electron chi connectivity index (χ3n) is 3.22. The summed E-state index contributed by atoms with van der Waals surface area (Å²) < 4.78 is 42.2. The first-order chi connectivity index (χ1) is 7.40. The minimum Gasteiger partial charge on any atom is -0.410 e. The molecule has 0 N–H and O–H groups in total. The van der Waals surface area contributed by atoms with E-state index in [0.29, 0.717) is 0 Å². The number of carbonyl (C=O) groups is 1. The number of halogens is 2. The summed E-state index contributed by atoms with van der Waals surface area (Å²) in [5.41, 5.74) is -0.964. The summed E-state index contributed by atoms with van der Waals surface area (Å²) in [6, 6.07) is 0. The Kier molecular flexibility index (Phi) is 2.72. The molecule has 0 aromatic heterocycles. The highest BCUT2D eigenvalue weighted by Crippen LogP contribution is 2.96. The number of hydrogen-bond donors (Lipinski definition) is 0. The van der Waals surface area contributed by atoms with Crippen molar-refractivity contribution in [2.24, 2.45) is 0 Å². The lowest BCUT2D eigenvalue weighted by Gasteiger charge is -2.15. The van der Waals surface area contributed by atoms with Crippen molar-refractivity contribution in [2.75, 3.05) is 7.11 Å². The molecule has 2 saturated heterocycles. The zero-order chi connectivity index (χ0) is 12.1. The molecule has 0 bridgehead atoms. The van der Waals surface area contributed by atoms with Crippen molar-refractivity contribution >= 4 is 13.9 Å². The number of methoxy groups -OCH3 is 1. The molecular weight excluding hydrogens is 241 g/mol. The van der Waals surface area contributed by atoms with E-state index >= 15 is 0 Å². The van der Waals surface area contributed by atoms with Gasteiger partial charge in [-0.05, 0) is 15.3 Å². The number of esters is 1. The number of rotatable bonds is 2. The number of hydrogen-bond acceptors (Lipinski definition) is 4. The molecule has 4 atom stereocenters. The van der Waals surface area contributed by atoms with Crippen LogP contribution in [-0.2, 0) is 19.0 Å². The van der Waals surface area contributed by atoms with Gasteiger partial charge in [-0.3, -0.25) is 0 Å². The molecule has 7 heteroatoms. The lowest BCUT2D eigenvalue weighted by molar-refractivity contribution is -0.191. The van der Waals surface area contributed by atoms with Gasteiger partial charge >= 0.3 is 19.2 Å². The highest BCUT2D eigenvalue weighted by atomic mass is 31.2. The quantitative estimate of drug-likeness (QED) is 0.560. The first kappa shape index (κ1) is 12.1. The van der Waals surface area contributed by atoms with Crippen LogP contribution in [-0.4, -0.2) is 36.5 Å². The van der Waals surface area contributed by atoms with E-state index in [1.807, 2.05) is 0 Å². The highest BCUT2D eigenvalue weighted by Gasteiger charge is 2.98. The standard InChI is InChI=1S/C9H14F2O4P/c1-4-9-6(16(9,10)11)5(2)14-8(13-3)7(12)15-9/h5-6,8H,4H2,1-3H3/q+1. The van der Waals surface area contributed by atoms with Gasteiger partial charge in [0.25, 0.3) is 6.29 Å². The Labute approximate surface area is 92.8 Å². The van der Waals surface area contributed by atoms with Crippen molar-refractivity contribution in [1.29, 1.82) is 0 Å². The minimum atomic E-state index is -4.21. The predicted molar refractivity (Wildman–Crippen MR) is 53.4 cm³/mol. The van der Waals surface area contributed by atoms with E-state index in [4.69, 9.17) is 14.2 Å². The zero-order valence-electron chi connectivity index (χ0n) is 9.28. The van der Waals surface area contributed by atoms with E-state index in [-0.39, 0.29) is 6.42 Å². The summed E-state index contributed by atoms with van der Waals surface area (Å²) in [5, 5.41) is -1.59. The first-order valence-electron chi connectivity index (χ1n) is 5.10. The molecule has 0 aromatic rings. The fraction of sp³-hybridized carbons (Fsp3) is 0.889. The molecule has 0 aliphatic carbocycles. The average molecular weight is 255 g/mol. The summed E-state index contributed by atoms with van der Waals surface area (Å²) in [6.45, 7) is 3.13. The van der Waals surface area contributed by atoms with Gasteiger partial charge in [-0.25, -0.2) is 4.79 Å². The van der Waals surface area contributed by atoms with Gasteiger partial charge < -0.3 is 14.2 Å². The number of carbonyl (C=O) groups excluding carboxylic acids is 1. The Morgan fingerprint density at radius 2 is 2.19 bits per heavy atom. The van der Waals surface area contributed by atoms with Crippen LogP contribution in [0.5, 0.6) is 0 Å². The Bertz CT molecular complexity index is 325. The molecule has 92 valence electrons. The van der Waals surface area contributed by atoms with Gasteiger partial charge in [0.1, 0.15) is 6.10 Å². The topological polar surface area (TPSA) is 44.8 Å². The first-order valence-corrected chi connectivity index (χ1v) is 6.74. The largest absolute Gasteiger partial charge is 0.449 e. The SMILES string of the molecule is CCC12OC(=O)C(OC)OC(C)C1[P+]2(F)F. The monoisotopic (exact) mass is 255 g/mol. The molecule has 2 rings (SSSR count). The summed E-state index contributed by atoms with van der Waals surface area (Å²) >= 11 is 0. The molecule has 16 heavy (non-hydrogen) atoms. The van der Waals surface area contributed by atoms with Gasteiger partial charge in [-0.2, -0.15) is 0 Å². The lowest BCUT2D eigenvalue weighted by atomic mass is 10.1. The molecule has 2 aliphatic rings. The van der Waals surface area contributed by atoms with Gasteiger partial charge in [0.15, 0.2) is 0 Å². The summed E-state index contributed by atoms with van der Waals surface area (Å²) in [7, 11) is -2.93. The maximum Gasteiger partial charge on any atom is 0.449 e. The lowest BCUT2D eigenvalue weighted by Crippen LogP contribution is -2.31. The van der Waals surface area contributed by atoms with Crippen molar-refractivity contribution in [2.45, 2.75) is 43.7 Å². The van der Waals surface area contributed by atoms with Crippen LogP contribution in [0.15, 0.2) is 0 Å². The molecule has 2 heterocycles. The number of ether oxygens (including phenoxy) is 3. The molecular formula is C9H14F2O4P+. The third-order valence-corrected chi connectivity index (χ3v) is 6.17. The zero-order valence-corrected chi connectivity index (χ0v) is 10.2. The molecule has 0 spiro atoms. The van der Waals surface area contributed by atoms with E-state index in [0.717, 1.165) is 0 Å². The van der Waals surface area contributed by atoms with Crippen molar-refractivity contribution in [3.05, 3.63) is 0 Å². The summed E-state index contributed by atoms with van der Waals surface area (Å²) in [6.07, 6.45) is -1.79. The molecule has 2 fully saturated rings. The van der Waals surface area contributed by atoms with E-state index < -0.39 is 37.2 Å². The van der Waals surface area contributed by atoms with Crippen LogP contribution in [0.3, 0.4) is 0 Å². The summed E-state index contributed by atoms with van der Waals surface area (Å²) in [4.78, 5) is 11.5. The smallest absolute Gasteiger partial charge is 0.410 e. The van der Waals surface area contributed by atoms with Gasteiger partial charge in [0.2, 0.25) is 5.66 Å². The second-order valence-electron chi connectivity index (χ2n) is 4.03. The van der Waals surface area contributed by atoms with Crippen LogP contribution >= 0.6 is 7.88 Å². The Balaban J connectivity index is 2.29. The van der Waals surface area contributed by atoms with Crippen molar-refractivity contribution in [1.82, 2.24) is 0 Å². The van der Waals surface area contributed by atoms with Gasteiger partial charge in [-0.15, -0.1) is 0 Å². The maximum atomic E-state index is 13.7. The average Bonchev–Trinajstić information content (AvgIpc) is 2.74. The second-order valence-corrected chi connectivity index (χ2v) is 6.46. The van der Waals surface area contributed by atoms with Crippen LogP contribution in [0.2, 0.25) is 0 Å². The Morgan fingerprint density at radius 1 is 1.56 bits per heavy atom. The molecule has 4 nitrogen and oxygen atoms in total. The highest BCUT2D eigenvalue weighted by molar-refractivity contribution is 7.76. The van der Waals surface area contributed by atoms with Gasteiger partial charge in [0.05, 0.1) is 0 Å². The normalized spacial score (nSPS) is 45.6. The molecule has 4 unspecified atom stereocenters. The van der Waals surface area contributed by atoms with E-state index in [2.05, 4.69) is 0 Å². The second kappa shape index (κ2) is 3.59. The third kappa shape index (κ3) is 1.33. The maximum absolute atomic E-state index is 13.7. The number of fused-ring (bicyclic) bond motifs is 1. The predicted octanol–water partition coefficient (Wildman–Crippen LogP) is 2.20. The van der Waals surface area contributed by atoms with E-state index in [1.165, 1.54) is 14.0 Å². The molecule has 0 amide bonds.